The van der Waals surface area contributed by atoms with Crippen molar-refractivity contribution in [3.63, 3.8) is 0 Å². The van der Waals surface area contributed by atoms with Crippen LogP contribution in [0.5, 0.6) is 0 Å². The van der Waals surface area contributed by atoms with Crippen molar-refractivity contribution in [2.75, 3.05) is 0 Å². The van der Waals surface area contributed by atoms with Gasteiger partial charge in [-0.05, 0) is 12.8 Å². The second-order valence-electron chi connectivity index (χ2n) is 3.16. The zero-order chi connectivity index (χ0) is 12.0. The first-order valence-corrected chi connectivity index (χ1v) is 4.27. The molecule has 15 heavy (non-hydrogen) atoms. The molecule has 0 aromatic heterocycles. The van der Waals surface area contributed by atoms with Crippen LogP contribution in [0.2, 0.25) is 0 Å². The Morgan fingerprint density at radius 3 is 1.87 bits per heavy atom. The number of carboxylic acids is 3. The predicted molar refractivity (Wildman–Crippen MR) is 48.2 cm³/mol. The van der Waals surface area contributed by atoms with E-state index in [4.69, 9.17) is 21.1 Å². The van der Waals surface area contributed by atoms with Crippen LogP contribution in [0.15, 0.2) is 0 Å². The number of hydrogen-bond acceptors (Lipinski definition) is 4. The number of nitrogens with two attached hydrogens (primary N) is 1. The highest BCUT2D eigenvalue weighted by Crippen LogP contribution is 2.12. The maximum Gasteiger partial charge on any atom is 0.320 e. The lowest BCUT2D eigenvalue weighted by molar-refractivity contribution is -0.148. The first-order valence-electron chi connectivity index (χ1n) is 4.27. The van der Waals surface area contributed by atoms with E-state index in [0.29, 0.717) is 0 Å². The third-order valence-corrected chi connectivity index (χ3v) is 1.91. The van der Waals surface area contributed by atoms with Gasteiger partial charge in [0.1, 0.15) is 6.04 Å². The van der Waals surface area contributed by atoms with Gasteiger partial charge in [-0.15, -0.1) is 0 Å². The van der Waals surface area contributed by atoms with Crippen molar-refractivity contribution >= 4 is 17.9 Å². The van der Waals surface area contributed by atoms with Crippen LogP contribution < -0.4 is 5.73 Å². The van der Waals surface area contributed by atoms with Gasteiger partial charge in [0.25, 0.3) is 0 Å². The first-order chi connectivity index (χ1) is 6.84. The third-order valence-electron chi connectivity index (χ3n) is 1.91. The first kappa shape index (κ1) is 13.4. The molecule has 0 fully saturated rings. The van der Waals surface area contributed by atoms with Crippen LogP contribution in [0.3, 0.4) is 0 Å². The van der Waals surface area contributed by atoms with E-state index in [1.54, 1.807) is 0 Å². The molecule has 0 amide bonds. The molecule has 5 N–H and O–H groups in total. The van der Waals surface area contributed by atoms with Gasteiger partial charge in [-0.25, -0.2) is 0 Å². The number of carboxylic acid groups (broad SMARTS) is 3. The quantitative estimate of drug-likeness (QED) is 0.446. The van der Waals surface area contributed by atoms with Crippen LogP contribution in [0.4, 0.5) is 0 Å². The van der Waals surface area contributed by atoms with E-state index in [1.807, 2.05) is 0 Å². The van der Waals surface area contributed by atoms with Gasteiger partial charge in [0.15, 0.2) is 0 Å². The summed E-state index contributed by atoms with van der Waals surface area (Å²) in [4.78, 5) is 31.2. The van der Waals surface area contributed by atoms with Crippen molar-refractivity contribution in [3.8, 4) is 0 Å². The van der Waals surface area contributed by atoms with Crippen LogP contribution in [0, 0.1) is 5.92 Å². The Bertz CT molecular complexity index is 264. The van der Waals surface area contributed by atoms with Crippen LogP contribution in [0.1, 0.15) is 19.3 Å². The molecule has 2 atom stereocenters. The molecule has 0 radical (unpaired) electrons. The normalized spacial score (nSPS) is 14.2. The van der Waals surface area contributed by atoms with Crippen molar-refractivity contribution in [2.45, 2.75) is 25.3 Å². The standard InChI is InChI=1S/C8H13NO6/c9-5(8(14)15)2-1-4(7(12)13)3-6(10)11/h4-5H,1-3,9H2,(H,10,11)(H,12,13)(H,14,15). The lowest BCUT2D eigenvalue weighted by Crippen LogP contribution is -2.31. The molecule has 0 aromatic rings. The van der Waals surface area contributed by atoms with E-state index in [-0.39, 0.29) is 12.8 Å². The molecule has 0 aromatic carbocycles. The molecule has 0 saturated heterocycles. The second kappa shape index (κ2) is 5.97. The smallest absolute Gasteiger partial charge is 0.320 e. The average molecular weight is 219 g/mol. The lowest BCUT2D eigenvalue weighted by atomic mass is 9.97. The lowest BCUT2D eigenvalue weighted by Gasteiger charge is -2.11. The van der Waals surface area contributed by atoms with Crippen LogP contribution in [0.25, 0.3) is 0 Å². The van der Waals surface area contributed by atoms with E-state index in [1.165, 1.54) is 0 Å². The van der Waals surface area contributed by atoms with Gasteiger partial charge in [0.05, 0.1) is 12.3 Å². The number of carbonyl (C=O) groups is 3. The van der Waals surface area contributed by atoms with E-state index in [0.717, 1.165) is 0 Å². The van der Waals surface area contributed by atoms with Gasteiger partial charge >= 0.3 is 17.9 Å². The van der Waals surface area contributed by atoms with Gasteiger partial charge in [0, 0.05) is 0 Å². The summed E-state index contributed by atoms with van der Waals surface area (Å²) >= 11 is 0. The summed E-state index contributed by atoms with van der Waals surface area (Å²) in [6, 6.07) is -1.15. The molecule has 0 aliphatic heterocycles. The maximum absolute atomic E-state index is 10.6. The molecule has 0 bridgehead atoms. The Morgan fingerprint density at radius 2 is 1.53 bits per heavy atom. The van der Waals surface area contributed by atoms with Crippen molar-refractivity contribution in [3.05, 3.63) is 0 Å². The zero-order valence-electron chi connectivity index (χ0n) is 7.92. The highest BCUT2D eigenvalue weighted by molar-refractivity contribution is 5.78. The monoisotopic (exact) mass is 219 g/mol. The van der Waals surface area contributed by atoms with Crippen LogP contribution in [-0.4, -0.2) is 39.3 Å². The highest BCUT2D eigenvalue weighted by atomic mass is 16.4. The molecule has 0 aliphatic carbocycles. The zero-order valence-corrected chi connectivity index (χ0v) is 7.92. The van der Waals surface area contributed by atoms with Crippen molar-refractivity contribution < 1.29 is 29.7 Å². The number of aliphatic carboxylic acids is 3. The topological polar surface area (TPSA) is 138 Å². The molecular weight excluding hydrogens is 206 g/mol. The van der Waals surface area contributed by atoms with E-state index in [2.05, 4.69) is 0 Å². The minimum atomic E-state index is -1.25. The number of rotatable bonds is 7. The fraction of sp³-hybridized carbons (Fsp3) is 0.625. The minimum Gasteiger partial charge on any atom is -0.481 e. The maximum atomic E-state index is 10.6. The van der Waals surface area contributed by atoms with Crippen molar-refractivity contribution in [1.29, 1.82) is 0 Å². The summed E-state index contributed by atoms with van der Waals surface area (Å²) in [6.07, 6.45) is -0.643. The Balaban J connectivity index is 4.13. The Labute approximate surface area is 85.5 Å². The molecule has 86 valence electrons. The summed E-state index contributed by atoms with van der Waals surface area (Å²) in [5.74, 6) is -4.80. The largest absolute Gasteiger partial charge is 0.481 e. The van der Waals surface area contributed by atoms with E-state index >= 15 is 0 Å². The molecule has 7 nitrogen and oxygen atoms in total. The molecule has 0 rings (SSSR count). The summed E-state index contributed by atoms with van der Waals surface area (Å²) in [6.45, 7) is 0. The predicted octanol–water partition coefficient (Wildman–Crippen LogP) is -0.646. The molecule has 7 heteroatoms. The van der Waals surface area contributed by atoms with Crippen molar-refractivity contribution in [2.24, 2.45) is 11.7 Å². The van der Waals surface area contributed by atoms with Crippen molar-refractivity contribution in [1.82, 2.24) is 0 Å². The minimum absolute atomic E-state index is 0.0560. The average Bonchev–Trinajstić information content (AvgIpc) is 2.10. The number of hydrogen-bond donors (Lipinski definition) is 4. The molecule has 0 heterocycles. The fourth-order valence-electron chi connectivity index (χ4n) is 1.03. The SMILES string of the molecule is NC(CCC(CC(=O)O)C(=O)O)C(=O)O. The summed E-state index contributed by atoms with van der Waals surface area (Å²) in [5.41, 5.74) is 5.16. The van der Waals surface area contributed by atoms with Gasteiger partial charge in [-0.1, -0.05) is 0 Å². The van der Waals surface area contributed by atoms with E-state index < -0.39 is 36.3 Å². The highest BCUT2D eigenvalue weighted by Gasteiger charge is 2.23. The van der Waals surface area contributed by atoms with Crippen LogP contribution in [-0.2, 0) is 14.4 Å². The molecule has 2 unspecified atom stereocenters. The van der Waals surface area contributed by atoms with Gasteiger partial charge in [0.2, 0.25) is 0 Å². The van der Waals surface area contributed by atoms with Gasteiger partial charge in [-0.3, -0.25) is 14.4 Å². The Morgan fingerprint density at radius 1 is 1.00 bits per heavy atom. The van der Waals surface area contributed by atoms with Crippen LogP contribution >= 0.6 is 0 Å². The molecule has 0 spiro atoms. The molecule has 0 aliphatic rings. The fourth-order valence-corrected chi connectivity index (χ4v) is 1.03. The summed E-state index contributed by atoms with van der Waals surface area (Å²) < 4.78 is 0. The van der Waals surface area contributed by atoms with Gasteiger partial charge in [-0.2, -0.15) is 0 Å². The second-order valence-corrected chi connectivity index (χ2v) is 3.16. The third kappa shape index (κ3) is 5.63. The van der Waals surface area contributed by atoms with Gasteiger partial charge < -0.3 is 21.1 Å². The Kier molecular flexibility index (Phi) is 5.32. The summed E-state index contributed by atoms with van der Waals surface area (Å²) in [5, 5.41) is 25.4. The molecule has 0 saturated carbocycles. The summed E-state index contributed by atoms with van der Waals surface area (Å²) in [7, 11) is 0. The Hall–Kier alpha value is -1.63. The molecular formula is C8H13NO6. The van der Waals surface area contributed by atoms with E-state index in [9.17, 15) is 14.4 Å².